The number of carbonyl (C=O) groups excluding carboxylic acids is 1. The number of hydrogen-bond acceptors (Lipinski definition) is 4. The normalized spacial score (nSPS) is 22.1. The average molecular weight is 275 g/mol. The number of nitrogens with one attached hydrogen (secondary N) is 2. The molecule has 0 spiro atoms. The van der Waals surface area contributed by atoms with Gasteiger partial charge in [-0.2, -0.15) is 0 Å². The summed E-state index contributed by atoms with van der Waals surface area (Å²) in [6.07, 6.45) is 0.202. The zero-order chi connectivity index (χ0) is 13.2. The molecule has 7 heteroatoms. The first-order valence-electron chi connectivity index (χ1n) is 5.76. The molecule has 1 fully saturated rings. The molecule has 0 saturated carbocycles. The summed E-state index contributed by atoms with van der Waals surface area (Å²) in [6.45, 7) is 1.92. The van der Waals surface area contributed by atoms with Gasteiger partial charge in [0, 0.05) is 24.8 Å². The number of thiazole rings is 1. The Hall–Kier alpha value is -1.08. The molecule has 2 rings (SSSR count). The van der Waals surface area contributed by atoms with Crippen molar-refractivity contribution < 1.29 is 13.6 Å². The van der Waals surface area contributed by atoms with Crippen LogP contribution in [-0.2, 0) is 11.2 Å². The van der Waals surface area contributed by atoms with Crippen LogP contribution in [-0.4, -0.2) is 35.9 Å². The first-order valence-corrected chi connectivity index (χ1v) is 6.64. The Morgan fingerprint density at radius 1 is 1.72 bits per heavy atom. The van der Waals surface area contributed by atoms with Gasteiger partial charge in [-0.3, -0.25) is 10.1 Å². The Balaban J connectivity index is 1.72. The SMILES string of the molecule is Cc1nc(CCNC(=O)C2CC(F)(F)CN2)cs1. The van der Waals surface area contributed by atoms with E-state index >= 15 is 0 Å². The van der Waals surface area contributed by atoms with Gasteiger partial charge in [-0.1, -0.05) is 0 Å². The van der Waals surface area contributed by atoms with E-state index in [1.807, 2.05) is 12.3 Å². The lowest BCUT2D eigenvalue weighted by atomic mass is 10.2. The zero-order valence-electron chi connectivity index (χ0n) is 10.0. The quantitative estimate of drug-likeness (QED) is 0.865. The molecule has 1 aromatic heterocycles. The Labute approximate surface area is 108 Å². The minimum Gasteiger partial charge on any atom is -0.354 e. The standard InChI is InChI=1S/C11H15F2N3OS/c1-7-16-8(5-18-7)2-3-14-10(17)9-4-11(12,13)6-15-9/h5,9,15H,2-4,6H2,1H3,(H,14,17). The van der Waals surface area contributed by atoms with Crippen molar-refractivity contribution in [2.75, 3.05) is 13.1 Å². The Kier molecular flexibility index (Phi) is 3.91. The summed E-state index contributed by atoms with van der Waals surface area (Å²) in [4.78, 5) is 15.9. The van der Waals surface area contributed by atoms with Gasteiger partial charge in [-0.25, -0.2) is 13.8 Å². The van der Waals surface area contributed by atoms with Gasteiger partial charge in [0.25, 0.3) is 5.92 Å². The first kappa shape index (κ1) is 13.4. The van der Waals surface area contributed by atoms with Crippen LogP contribution in [0.2, 0.25) is 0 Å². The van der Waals surface area contributed by atoms with Crippen molar-refractivity contribution in [2.24, 2.45) is 0 Å². The van der Waals surface area contributed by atoms with Crippen LogP contribution < -0.4 is 10.6 Å². The Morgan fingerprint density at radius 3 is 3.06 bits per heavy atom. The van der Waals surface area contributed by atoms with Gasteiger partial charge in [0.15, 0.2) is 0 Å². The van der Waals surface area contributed by atoms with Crippen LogP contribution in [0.5, 0.6) is 0 Å². The third kappa shape index (κ3) is 3.46. The monoisotopic (exact) mass is 275 g/mol. The molecule has 1 aliphatic heterocycles. The van der Waals surface area contributed by atoms with E-state index in [0.29, 0.717) is 13.0 Å². The van der Waals surface area contributed by atoms with Crippen molar-refractivity contribution in [1.29, 1.82) is 0 Å². The predicted octanol–water partition coefficient (Wildman–Crippen LogP) is 1.11. The van der Waals surface area contributed by atoms with Gasteiger partial charge in [-0.05, 0) is 6.92 Å². The van der Waals surface area contributed by atoms with E-state index in [9.17, 15) is 13.6 Å². The predicted molar refractivity (Wildman–Crippen MR) is 64.9 cm³/mol. The molecule has 4 nitrogen and oxygen atoms in total. The van der Waals surface area contributed by atoms with E-state index in [0.717, 1.165) is 10.7 Å². The summed E-state index contributed by atoms with van der Waals surface area (Å²) in [5, 5.41) is 8.09. The summed E-state index contributed by atoms with van der Waals surface area (Å²) >= 11 is 1.55. The lowest BCUT2D eigenvalue weighted by Gasteiger charge is -2.10. The summed E-state index contributed by atoms with van der Waals surface area (Å²) in [6, 6.07) is -0.780. The third-order valence-corrected chi connectivity index (χ3v) is 3.60. The highest BCUT2D eigenvalue weighted by atomic mass is 32.1. The van der Waals surface area contributed by atoms with Crippen molar-refractivity contribution in [1.82, 2.24) is 15.6 Å². The fourth-order valence-corrected chi connectivity index (χ4v) is 2.51. The average Bonchev–Trinajstić information content (AvgIpc) is 2.85. The summed E-state index contributed by atoms with van der Waals surface area (Å²) < 4.78 is 25.8. The molecular weight excluding hydrogens is 260 g/mol. The maximum absolute atomic E-state index is 12.9. The lowest BCUT2D eigenvalue weighted by molar-refractivity contribution is -0.123. The van der Waals surface area contributed by atoms with E-state index in [1.54, 1.807) is 11.3 Å². The maximum atomic E-state index is 12.9. The fourth-order valence-electron chi connectivity index (χ4n) is 1.86. The van der Waals surface area contributed by atoms with Crippen LogP contribution in [0.25, 0.3) is 0 Å². The number of rotatable bonds is 4. The molecule has 1 saturated heterocycles. The van der Waals surface area contributed by atoms with Crippen molar-refractivity contribution >= 4 is 17.2 Å². The van der Waals surface area contributed by atoms with Gasteiger partial charge in [-0.15, -0.1) is 11.3 Å². The molecule has 1 unspecified atom stereocenters. The summed E-state index contributed by atoms with van der Waals surface area (Å²) in [5.41, 5.74) is 0.919. The number of hydrogen-bond donors (Lipinski definition) is 2. The molecule has 2 N–H and O–H groups in total. The molecule has 2 heterocycles. The van der Waals surface area contributed by atoms with Crippen molar-refractivity contribution in [2.45, 2.75) is 31.7 Å². The van der Waals surface area contributed by atoms with E-state index < -0.39 is 24.9 Å². The number of amides is 1. The van der Waals surface area contributed by atoms with Crippen LogP contribution in [0.1, 0.15) is 17.1 Å². The van der Waals surface area contributed by atoms with Crippen LogP contribution in [0.4, 0.5) is 8.78 Å². The second kappa shape index (κ2) is 5.27. The van der Waals surface area contributed by atoms with E-state index in [4.69, 9.17) is 0 Å². The molecule has 0 radical (unpaired) electrons. The highest BCUT2D eigenvalue weighted by molar-refractivity contribution is 7.09. The van der Waals surface area contributed by atoms with Crippen molar-refractivity contribution in [3.05, 3.63) is 16.1 Å². The van der Waals surface area contributed by atoms with Gasteiger partial charge >= 0.3 is 0 Å². The summed E-state index contributed by atoms with van der Waals surface area (Å²) in [7, 11) is 0. The Bertz CT molecular complexity index is 436. The van der Waals surface area contributed by atoms with Crippen LogP contribution in [0.15, 0.2) is 5.38 Å². The molecule has 0 aromatic carbocycles. The number of nitrogens with zero attached hydrogens (tertiary/aromatic N) is 1. The molecule has 1 aromatic rings. The van der Waals surface area contributed by atoms with E-state index in [2.05, 4.69) is 15.6 Å². The van der Waals surface area contributed by atoms with Gasteiger partial charge in [0.1, 0.15) is 0 Å². The lowest BCUT2D eigenvalue weighted by Crippen LogP contribution is -2.41. The molecule has 0 aliphatic carbocycles. The minimum absolute atomic E-state index is 0.362. The van der Waals surface area contributed by atoms with E-state index in [-0.39, 0.29) is 5.91 Å². The molecule has 1 aliphatic rings. The topological polar surface area (TPSA) is 54.0 Å². The van der Waals surface area contributed by atoms with Gasteiger partial charge in [0.2, 0.25) is 5.91 Å². The number of aryl methyl sites for hydroxylation is 1. The van der Waals surface area contributed by atoms with Crippen LogP contribution >= 0.6 is 11.3 Å². The second-order valence-corrected chi connectivity index (χ2v) is 5.45. The third-order valence-electron chi connectivity index (χ3n) is 2.77. The fraction of sp³-hybridized carbons (Fsp3) is 0.636. The number of alkyl halides is 2. The molecule has 18 heavy (non-hydrogen) atoms. The first-order chi connectivity index (χ1) is 8.46. The molecule has 100 valence electrons. The number of aromatic nitrogens is 1. The largest absolute Gasteiger partial charge is 0.354 e. The van der Waals surface area contributed by atoms with Crippen molar-refractivity contribution in [3.8, 4) is 0 Å². The highest BCUT2D eigenvalue weighted by Crippen LogP contribution is 2.24. The van der Waals surface area contributed by atoms with Crippen LogP contribution in [0, 0.1) is 6.92 Å². The number of halogens is 2. The van der Waals surface area contributed by atoms with Gasteiger partial charge in [0.05, 0.1) is 23.3 Å². The molecule has 0 bridgehead atoms. The zero-order valence-corrected chi connectivity index (χ0v) is 10.8. The minimum atomic E-state index is -2.77. The molecule has 1 atom stereocenters. The second-order valence-electron chi connectivity index (χ2n) is 4.39. The molecular formula is C11H15F2N3OS. The number of carbonyl (C=O) groups is 1. The highest BCUT2D eigenvalue weighted by Gasteiger charge is 2.42. The maximum Gasteiger partial charge on any atom is 0.262 e. The Morgan fingerprint density at radius 2 is 2.50 bits per heavy atom. The van der Waals surface area contributed by atoms with E-state index in [1.165, 1.54) is 0 Å². The molecule has 1 amide bonds. The van der Waals surface area contributed by atoms with Crippen molar-refractivity contribution in [3.63, 3.8) is 0 Å². The smallest absolute Gasteiger partial charge is 0.262 e. The van der Waals surface area contributed by atoms with Gasteiger partial charge < -0.3 is 5.32 Å². The van der Waals surface area contributed by atoms with Crippen LogP contribution in [0.3, 0.4) is 0 Å². The summed E-state index contributed by atoms with van der Waals surface area (Å²) in [5.74, 6) is -3.13.